The second kappa shape index (κ2) is 10.4. The lowest BCUT2D eigenvalue weighted by Crippen LogP contribution is -2.08. The van der Waals surface area contributed by atoms with Crippen LogP contribution >= 0.6 is 0 Å². The van der Waals surface area contributed by atoms with Gasteiger partial charge in [-0.2, -0.15) is 20.1 Å². The maximum atomic E-state index is 13.3. The van der Waals surface area contributed by atoms with Crippen LogP contribution in [0.15, 0.2) is 107 Å². The van der Waals surface area contributed by atoms with Gasteiger partial charge in [0, 0.05) is 23.5 Å². The standard InChI is InChI=1S/C28H23FN8O/c29-19-10-14-22(15-11-19)32-28-34-26(30-20-5-2-1-3-6-20)33-27(35-28)31-21-12-8-18(9-13-21)23-17-24(37-36-23)25-7-4-16-38-25/h1-16,24,37H,17H2,(H3,30,31,32,33,34,35). The van der Waals surface area contributed by atoms with Crippen LogP contribution in [0, 0.1) is 5.82 Å². The van der Waals surface area contributed by atoms with E-state index < -0.39 is 0 Å². The van der Waals surface area contributed by atoms with Gasteiger partial charge in [-0.3, -0.25) is 5.43 Å². The molecular weight excluding hydrogens is 483 g/mol. The highest BCUT2D eigenvalue weighted by Gasteiger charge is 2.23. The third-order valence-corrected chi connectivity index (χ3v) is 5.88. The molecule has 0 aliphatic carbocycles. The van der Waals surface area contributed by atoms with Gasteiger partial charge in [-0.05, 0) is 66.2 Å². The summed E-state index contributed by atoms with van der Waals surface area (Å²) in [5.74, 6) is 1.54. The van der Waals surface area contributed by atoms with E-state index in [9.17, 15) is 4.39 Å². The van der Waals surface area contributed by atoms with Crippen LogP contribution in [0.3, 0.4) is 0 Å². The van der Waals surface area contributed by atoms with Gasteiger partial charge in [0.15, 0.2) is 0 Å². The number of nitrogens with one attached hydrogen (secondary N) is 4. The Morgan fingerprint density at radius 1 is 0.684 bits per heavy atom. The van der Waals surface area contributed by atoms with Crippen molar-refractivity contribution in [2.75, 3.05) is 16.0 Å². The molecule has 3 heterocycles. The number of hydrogen-bond donors (Lipinski definition) is 4. The van der Waals surface area contributed by atoms with E-state index in [1.807, 2.05) is 66.7 Å². The van der Waals surface area contributed by atoms with Crippen LogP contribution in [0.25, 0.3) is 0 Å². The molecule has 38 heavy (non-hydrogen) atoms. The van der Waals surface area contributed by atoms with E-state index in [2.05, 4.69) is 41.4 Å². The molecule has 188 valence electrons. The second-order valence-electron chi connectivity index (χ2n) is 8.59. The zero-order valence-corrected chi connectivity index (χ0v) is 20.1. The minimum atomic E-state index is -0.320. The number of anilines is 6. The van der Waals surface area contributed by atoms with Gasteiger partial charge in [-0.25, -0.2) is 4.39 Å². The predicted octanol–water partition coefficient (Wildman–Crippen LogP) is 6.27. The molecule has 0 fully saturated rings. The Morgan fingerprint density at radius 3 is 1.84 bits per heavy atom. The third-order valence-electron chi connectivity index (χ3n) is 5.88. The summed E-state index contributed by atoms with van der Waals surface area (Å²) in [4.78, 5) is 13.5. The SMILES string of the molecule is Fc1ccc(Nc2nc(Nc3ccccc3)nc(Nc3ccc(C4=NNC(c5ccco5)C4)cc3)n2)cc1. The Morgan fingerprint density at radius 2 is 1.26 bits per heavy atom. The lowest BCUT2D eigenvalue weighted by atomic mass is 10.0. The summed E-state index contributed by atoms with van der Waals surface area (Å²) in [6, 6.07) is 27.3. The topological polar surface area (TPSA) is 112 Å². The van der Waals surface area contributed by atoms with Gasteiger partial charge in [-0.15, -0.1) is 0 Å². The van der Waals surface area contributed by atoms with Crippen molar-refractivity contribution < 1.29 is 8.81 Å². The van der Waals surface area contributed by atoms with E-state index in [1.165, 1.54) is 12.1 Å². The molecule has 9 nitrogen and oxygen atoms in total. The average molecular weight is 507 g/mol. The number of hydrazone groups is 1. The van der Waals surface area contributed by atoms with Crippen molar-refractivity contribution in [1.29, 1.82) is 0 Å². The van der Waals surface area contributed by atoms with Crippen molar-refractivity contribution in [3.8, 4) is 0 Å². The van der Waals surface area contributed by atoms with Gasteiger partial charge in [0.25, 0.3) is 0 Å². The smallest absolute Gasteiger partial charge is 0.233 e. The first-order valence-corrected chi connectivity index (χ1v) is 12.0. The Balaban J connectivity index is 1.20. The molecule has 0 bridgehead atoms. The van der Waals surface area contributed by atoms with Crippen LogP contribution in [0.4, 0.5) is 39.3 Å². The van der Waals surface area contributed by atoms with Crippen molar-refractivity contribution in [2.24, 2.45) is 5.10 Å². The molecule has 3 aromatic carbocycles. The van der Waals surface area contributed by atoms with Gasteiger partial charge < -0.3 is 20.4 Å². The molecule has 0 radical (unpaired) electrons. The molecule has 10 heteroatoms. The number of rotatable bonds is 8. The minimum Gasteiger partial charge on any atom is -0.467 e. The highest BCUT2D eigenvalue weighted by molar-refractivity contribution is 6.02. The predicted molar refractivity (Wildman–Crippen MR) is 145 cm³/mol. The molecule has 1 aliphatic rings. The van der Waals surface area contributed by atoms with Crippen LogP contribution in [-0.2, 0) is 0 Å². The Bertz CT molecular complexity index is 1540. The highest BCUT2D eigenvalue weighted by atomic mass is 19.1. The van der Waals surface area contributed by atoms with E-state index >= 15 is 0 Å². The van der Waals surface area contributed by atoms with E-state index in [0.717, 1.165) is 34.8 Å². The molecule has 1 atom stereocenters. The van der Waals surface area contributed by atoms with Crippen LogP contribution in [0.5, 0.6) is 0 Å². The van der Waals surface area contributed by atoms with E-state index in [0.29, 0.717) is 23.5 Å². The Labute approximate surface area is 217 Å². The summed E-state index contributed by atoms with van der Waals surface area (Å²) in [5.41, 5.74) is 7.39. The van der Waals surface area contributed by atoms with Crippen molar-refractivity contribution in [3.63, 3.8) is 0 Å². The molecule has 0 amide bonds. The molecule has 5 aromatic rings. The summed E-state index contributed by atoms with van der Waals surface area (Å²) in [7, 11) is 0. The van der Waals surface area contributed by atoms with Crippen molar-refractivity contribution >= 4 is 40.6 Å². The van der Waals surface area contributed by atoms with Crippen LogP contribution in [0.1, 0.15) is 23.8 Å². The van der Waals surface area contributed by atoms with E-state index in [4.69, 9.17) is 4.42 Å². The summed E-state index contributed by atoms with van der Waals surface area (Å²) in [6.07, 6.45) is 2.40. The first-order chi connectivity index (χ1) is 18.7. The second-order valence-corrected chi connectivity index (χ2v) is 8.59. The number of nitrogens with zero attached hydrogens (tertiary/aromatic N) is 4. The van der Waals surface area contributed by atoms with E-state index in [1.54, 1.807) is 18.4 Å². The summed E-state index contributed by atoms with van der Waals surface area (Å²) in [6.45, 7) is 0. The number of aromatic nitrogens is 3. The molecule has 6 rings (SSSR count). The fraction of sp³-hybridized carbons (Fsp3) is 0.0714. The van der Waals surface area contributed by atoms with Gasteiger partial charge in [0.05, 0.1) is 12.0 Å². The van der Waals surface area contributed by atoms with Gasteiger partial charge in [0.2, 0.25) is 17.8 Å². The largest absolute Gasteiger partial charge is 0.467 e. The van der Waals surface area contributed by atoms with Crippen LogP contribution in [-0.4, -0.2) is 20.7 Å². The fourth-order valence-corrected chi connectivity index (χ4v) is 4.01. The third kappa shape index (κ3) is 5.44. The lowest BCUT2D eigenvalue weighted by Gasteiger charge is -2.12. The van der Waals surface area contributed by atoms with Crippen LogP contribution in [0.2, 0.25) is 0 Å². The number of furan rings is 1. The van der Waals surface area contributed by atoms with Gasteiger partial charge >= 0.3 is 0 Å². The zero-order chi connectivity index (χ0) is 25.7. The van der Waals surface area contributed by atoms with E-state index in [-0.39, 0.29) is 11.9 Å². The normalized spacial score (nSPS) is 14.4. The van der Waals surface area contributed by atoms with Crippen molar-refractivity contribution in [1.82, 2.24) is 20.4 Å². The molecule has 1 unspecified atom stereocenters. The number of halogens is 1. The quantitative estimate of drug-likeness (QED) is 0.195. The first-order valence-electron chi connectivity index (χ1n) is 12.0. The molecule has 0 spiro atoms. The van der Waals surface area contributed by atoms with Gasteiger partial charge in [-0.1, -0.05) is 30.3 Å². The van der Waals surface area contributed by atoms with Crippen molar-refractivity contribution in [2.45, 2.75) is 12.5 Å². The maximum Gasteiger partial charge on any atom is 0.233 e. The monoisotopic (exact) mass is 506 g/mol. The number of para-hydroxylation sites is 1. The summed E-state index contributed by atoms with van der Waals surface area (Å²) < 4.78 is 18.8. The first kappa shape index (κ1) is 23.2. The average Bonchev–Trinajstić information content (AvgIpc) is 3.64. The molecule has 1 aliphatic heterocycles. The lowest BCUT2D eigenvalue weighted by molar-refractivity contribution is 0.440. The summed E-state index contributed by atoms with van der Waals surface area (Å²) in [5, 5.41) is 14.0. The Kier molecular flexibility index (Phi) is 6.34. The Hall–Kier alpha value is -5.25. The zero-order valence-electron chi connectivity index (χ0n) is 20.1. The maximum absolute atomic E-state index is 13.3. The number of benzene rings is 3. The fourth-order valence-electron chi connectivity index (χ4n) is 4.01. The highest BCUT2D eigenvalue weighted by Crippen LogP contribution is 2.26. The van der Waals surface area contributed by atoms with Gasteiger partial charge in [0.1, 0.15) is 17.6 Å². The molecule has 2 aromatic heterocycles. The van der Waals surface area contributed by atoms with Crippen LogP contribution < -0.4 is 21.4 Å². The van der Waals surface area contributed by atoms with Crippen molar-refractivity contribution in [3.05, 3.63) is 114 Å². The number of hydrogen-bond acceptors (Lipinski definition) is 9. The molecule has 0 saturated heterocycles. The molecular formula is C28H23FN8O. The summed E-state index contributed by atoms with van der Waals surface area (Å²) >= 11 is 0. The molecule has 0 saturated carbocycles. The molecule has 4 N–H and O–H groups in total. The minimum absolute atomic E-state index is 0.0329.